The van der Waals surface area contributed by atoms with Gasteiger partial charge in [-0.25, -0.2) is 4.79 Å². The van der Waals surface area contributed by atoms with Gasteiger partial charge in [0.2, 0.25) is 0 Å². The Morgan fingerprint density at radius 3 is 2.22 bits per heavy atom. The van der Waals surface area contributed by atoms with Gasteiger partial charge in [0.15, 0.2) is 0 Å². The van der Waals surface area contributed by atoms with Gasteiger partial charge < -0.3 is 14.5 Å². The van der Waals surface area contributed by atoms with E-state index in [-0.39, 0.29) is 6.09 Å². The maximum absolute atomic E-state index is 12.1. The highest BCUT2D eigenvalue weighted by Crippen LogP contribution is 2.21. The molecule has 0 unspecified atom stereocenters. The minimum atomic E-state index is -0.482. The van der Waals surface area contributed by atoms with Crippen LogP contribution >= 0.6 is 0 Å². The molecule has 2 rings (SSSR count). The number of rotatable bonds is 2. The molecule has 1 aromatic carbocycles. The van der Waals surface area contributed by atoms with E-state index >= 15 is 0 Å². The Kier molecular flexibility index (Phi) is 5.28. The molecule has 0 spiro atoms. The van der Waals surface area contributed by atoms with Crippen LogP contribution in [0.25, 0.3) is 5.70 Å². The van der Waals surface area contributed by atoms with Crippen LogP contribution in [0.2, 0.25) is 0 Å². The number of hydrogen-bond donors (Lipinski definition) is 0. The number of hydrogen-bond acceptors (Lipinski definition) is 4. The molecule has 5 heteroatoms. The first kappa shape index (κ1) is 16.9. The molecule has 0 bridgehead atoms. The van der Waals surface area contributed by atoms with Gasteiger partial charge >= 0.3 is 6.09 Å². The lowest BCUT2D eigenvalue weighted by molar-refractivity contribution is 0.0182. The number of benzene rings is 1. The SMILES string of the molecule is CC(C)(C)OC(=O)N1CCN(/C(=C/C#N)c2ccccc2)CC1. The first-order valence-electron chi connectivity index (χ1n) is 7.79. The predicted octanol–water partition coefficient (Wildman–Crippen LogP) is 3.10. The average Bonchev–Trinajstić information content (AvgIpc) is 2.52. The lowest BCUT2D eigenvalue weighted by Gasteiger charge is -2.37. The van der Waals surface area contributed by atoms with Crippen molar-refractivity contribution in [1.29, 1.82) is 5.26 Å². The van der Waals surface area contributed by atoms with Gasteiger partial charge in [0.25, 0.3) is 0 Å². The molecule has 1 aliphatic heterocycles. The highest BCUT2D eigenvalue weighted by molar-refractivity contribution is 5.69. The summed E-state index contributed by atoms with van der Waals surface area (Å²) < 4.78 is 5.41. The zero-order valence-electron chi connectivity index (χ0n) is 14.0. The molecule has 122 valence electrons. The van der Waals surface area contributed by atoms with Crippen molar-refractivity contribution in [1.82, 2.24) is 9.80 Å². The largest absolute Gasteiger partial charge is 0.444 e. The Bertz CT molecular complexity index is 603. The van der Waals surface area contributed by atoms with Crippen LogP contribution < -0.4 is 0 Å². The molecule has 5 nitrogen and oxygen atoms in total. The summed E-state index contributed by atoms with van der Waals surface area (Å²) in [6, 6.07) is 12.0. The molecular weight excluding hydrogens is 290 g/mol. The molecule has 0 N–H and O–H groups in total. The Balaban J connectivity index is 2.02. The number of allylic oxidation sites excluding steroid dienone is 1. The van der Waals surface area contributed by atoms with Gasteiger partial charge in [-0.1, -0.05) is 30.3 Å². The zero-order valence-corrected chi connectivity index (χ0v) is 14.0. The number of carbonyl (C=O) groups is 1. The molecule has 1 fully saturated rings. The average molecular weight is 313 g/mol. The van der Waals surface area contributed by atoms with Gasteiger partial charge in [0.1, 0.15) is 5.60 Å². The number of ether oxygens (including phenoxy) is 1. The van der Waals surface area contributed by atoms with Crippen molar-refractivity contribution in [2.75, 3.05) is 26.2 Å². The van der Waals surface area contributed by atoms with Gasteiger partial charge in [-0.3, -0.25) is 0 Å². The third-order valence-corrected chi connectivity index (χ3v) is 3.54. The van der Waals surface area contributed by atoms with E-state index in [0.29, 0.717) is 26.2 Å². The summed E-state index contributed by atoms with van der Waals surface area (Å²) >= 11 is 0. The number of amides is 1. The number of carbonyl (C=O) groups excluding carboxylic acids is 1. The summed E-state index contributed by atoms with van der Waals surface area (Å²) in [5, 5.41) is 9.06. The zero-order chi connectivity index (χ0) is 16.9. The van der Waals surface area contributed by atoms with Crippen LogP contribution in [-0.4, -0.2) is 47.7 Å². The smallest absolute Gasteiger partial charge is 0.410 e. The standard InChI is InChI=1S/C18H23N3O2/c1-18(2,3)23-17(22)21-13-11-20(12-14-21)16(9-10-19)15-7-5-4-6-8-15/h4-9H,11-14H2,1-3H3/b16-9+. The van der Waals surface area contributed by atoms with E-state index in [2.05, 4.69) is 11.0 Å². The minimum absolute atomic E-state index is 0.275. The van der Waals surface area contributed by atoms with E-state index in [1.807, 2.05) is 51.1 Å². The fourth-order valence-electron chi connectivity index (χ4n) is 2.48. The first-order chi connectivity index (χ1) is 10.9. The van der Waals surface area contributed by atoms with Crippen molar-refractivity contribution < 1.29 is 9.53 Å². The van der Waals surface area contributed by atoms with Gasteiger partial charge in [-0.05, 0) is 26.3 Å². The second-order valence-electron chi connectivity index (χ2n) is 6.48. The predicted molar refractivity (Wildman–Crippen MR) is 89.4 cm³/mol. The van der Waals surface area contributed by atoms with Crippen LogP contribution in [0, 0.1) is 11.3 Å². The lowest BCUT2D eigenvalue weighted by atomic mass is 10.1. The molecule has 1 heterocycles. The molecule has 0 atom stereocenters. The summed E-state index contributed by atoms with van der Waals surface area (Å²) in [6.07, 6.45) is 1.29. The fourth-order valence-corrected chi connectivity index (χ4v) is 2.48. The summed E-state index contributed by atoms with van der Waals surface area (Å²) in [5.41, 5.74) is 1.43. The molecule has 23 heavy (non-hydrogen) atoms. The Hall–Kier alpha value is -2.48. The lowest BCUT2D eigenvalue weighted by Crippen LogP contribution is -2.49. The van der Waals surface area contributed by atoms with Crippen LogP contribution in [0.4, 0.5) is 4.79 Å². The summed E-state index contributed by atoms with van der Waals surface area (Å²) in [6.45, 7) is 8.14. The molecule has 0 aliphatic carbocycles. The maximum Gasteiger partial charge on any atom is 0.410 e. The molecule has 1 saturated heterocycles. The Morgan fingerprint density at radius 1 is 1.13 bits per heavy atom. The molecule has 0 saturated carbocycles. The quantitative estimate of drug-likeness (QED) is 0.787. The van der Waals surface area contributed by atoms with Gasteiger partial charge in [-0.15, -0.1) is 0 Å². The molecule has 1 aliphatic rings. The molecule has 0 aromatic heterocycles. The van der Waals surface area contributed by atoms with Crippen molar-refractivity contribution in [2.45, 2.75) is 26.4 Å². The van der Waals surface area contributed by atoms with Crippen LogP contribution in [0.15, 0.2) is 36.4 Å². The number of piperazine rings is 1. The van der Waals surface area contributed by atoms with Gasteiger partial charge in [-0.2, -0.15) is 5.26 Å². The van der Waals surface area contributed by atoms with E-state index in [1.54, 1.807) is 11.0 Å². The van der Waals surface area contributed by atoms with Crippen molar-refractivity contribution >= 4 is 11.8 Å². The molecule has 1 amide bonds. The van der Waals surface area contributed by atoms with E-state index in [0.717, 1.165) is 11.3 Å². The number of nitriles is 1. The molecule has 0 radical (unpaired) electrons. The molecular formula is C18H23N3O2. The third-order valence-electron chi connectivity index (χ3n) is 3.54. The molecule has 1 aromatic rings. The van der Waals surface area contributed by atoms with E-state index in [9.17, 15) is 4.79 Å². The van der Waals surface area contributed by atoms with Crippen molar-refractivity contribution in [2.24, 2.45) is 0 Å². The summed E-state index contributed by atoms with van der Waals surface area (Å²) in [4.78, 5) is 16.0. The van der Waals surface area contributed by atoms with Crippen LogP contribution in [0.3, 0.4) is 0 Å². The maximum atomic E-state index is 12.1. The van der Waals surface area contributed by atoms with E-state index in [1.165, 1.54) is 0 Å². The minimum Gasteiger partial charge on any atom is -0.444 e. The van der Waals surface area contributed by atoms with Crippen LogP contribution in [-0.2, 0) is 4.74 Å². The van der Waals surface area contributed by atoms with Crippen molar-refractivity contribution in [3.63, 3.8) is 0 Å². The second-order valence-corrected chi connectivity index (χ2v) is 6.48. The van der Waals surface area contributed by atoms with Crippen LogP contribution in [0.1, 0.15) is 26.3 Å². The Labute approximate surface area is 137 Å². The highest BCUT2D eigenvalue weighted by atomic mass is 16.6. The fraction of sp³-hybridized carbons (Fsp3) is 0.444. The Morgan fingerprint density at radius 2 is 1.70 bits per heavy atom. The normalized spacial score (nSPS) is 16.0. The van der Waals surface area contributed by atoms with Gasteiger partial charge in [0.05, 0.1) is 11.8 Å². The second kappa shape index (κ2) is 7.19. The van der Waals surface area contributed by atoms with E-state index in [4.69, 9.17) is 10.00 Å². The van der Waals surface area contributed by atoms with Crippen molar-refractivity contribution in [3.05, 3.63) is 42.0 Å². The monoisotopic (exact) mass is 313 g/mol. The summed E-state index contributed by atoms with van der Waals surface area (Å²) in [7, 11) is 0. The van der Waals surface area contributed by atoms with Gasteiger partial charge in [0, 0.05) is 32.3 Å². The topological polar surface area (TPSA) is 56.6 Å². The summed E-state index contributed by atoms with van der Waals surface area (Å²) in [5.74, 6) is 0. The third kappa shape index (κ3) is 4.75. The number of nitrogens with zero attached hydrogens (tertiary/aromatic N) is 3. The van der Waals surface area contributed by atoms with Crippen LogP contribution in [0.5, 0.6) is 0 Å². The van der Waals surface area contributed by atoms with Crippen molar-refractivity contribution in [3.8, 4) is 6.07 Å². The highest BCUT2D eigenvalue weighted by Gasteiger charge is 2.26. The first-order valence-corrected chi connectivity index (χ1v) is 7.79. The van der Waals surface area contributed by atoms with E-state index < -0.39 is 5.60 Å².